The zero-order valence-electron chi connectivity index (χ0n) is 6.63. The summed E-state index contributed by atoms with van der Waals surface area (Å²) in [5.74, 6) is 0. The minimum Gasteiger partial charge on any atom is -0.336 e. The normalized spacial score (nSPS) is 15.5. The zero-order valence-corrected chi connectivity index (χ0v) is 6.63. The van der Waals surface area contributed by atoms with Crippen molar-refractivity contribution in [1.29, 1.82) is 0 Å². The summed E-state index contributed by atoms with van der Waals surface area (Å²) in [7, 11) is 0. The van der Waals surface area contributed by atoms with Crippen LogP contribution in [0, 0.1) is 0 Å². The zero-order chi connectivity index (χ0) is 8.39. The van der Waals surface area contributed by atoms with Gasteiger partial charge >= 0.3 is 6.03 Å². The van der Waals surface area contributed by atoms with Gasteiger partial charge in [-0.25, -0.2) is 4.79 Å². The minimum atomic E-state index is -0.0463. The predicted octanol–water partition coefficient (Wildman–Crippen LogP) is 0.966. The summed E-state index contributed by atoms with van der Waals surface area (Å²) in [6.07, 6.45) is 0. The summed E-state index contributed by atoms with van der Waals surface area (Å²) in [5, 5.41) is 5.14. The van der Waals surface area contributed by atoms with E-state index in [1.807, 2.05) is 0 Å². The quantitative estimate of drug-likeness (QED) is 0.595. The van der Waals surface area contributed by atoms with Gasteiger partial charge in [-0.2, -0.15) is 0 Å². The second-order valence-corrected chi connectivity index (χ2v) is 2.76. The lowest BCUT2D eigenvalue weighted by Gasteiger charge is -2.10. The number of amides is 2. The maximum Gasteiger partial charge on any atom is 0.314 e. The Morgan fingerprint density at radius 2 is 1.33 bits per heavy atom. The molecule has 2 N–H and O–H groups in total. The molecular weight excluding hydrogens is 152 g/mol. The van der Waals surface area contributed by atoms with E-state index in [9.17, 15) is 4.79 Å². The molecule has 2 aliphatic carbocycles. The van der Waals surface area contributed by atoms with Gasteiger partial charge in [-0.15, -0.1) is 0 Å². The average Bonchev–Trinajstić information content (AvgIpc) is 2.49. The van der Waals surface area contributed by atoms with Crippen LogP contribution >= 0.6 is 0 Å². The van der Waals surface area contributed by atoms with Crippen molar-refractivity contribution in [1.82, 2.24) is 10.6 Å². The molecule has 3 nitrogen and oxygen atoms in total. The molecule has 12 heavy (non-hydrogen) atoms. The van der Waals surface area contributed by atoms with Crippen LogP contribution < -0.4 is 10.6 Å². The third kappa shape index (κ3) is 1.25. The van der Waals surface area contributed by atoms with Crippen molar-refractivity contribution in [3.05, 3.63) is 24.3 Å². The van der Waals surface area contributed by atoms with Crippen LogP contribution in [-0.4, -0.2) is 19.1 Å². The summed E-state index contributed by atoms with van der Waals surface area (Å²) in [6.45, 7) is 1.55. The number of hydrogen-bond donors (Lipinski definition) is 2. The Hall–Kier alpha value is -1.51. The lowest BCUT2D eigenvalue weighted by molar-refractivity contribution is 0.248. The summed E-state index contributed by atoms with van der Waals surface area (Å²) >= 11 is 0. The van der Waals surface area contributed by atoms with E-state index in [1.165, 1.54) is 11.1 Å². The Kier molecular flexibility index (Phi) is 1.70. The van der Waals surface area contributed by atoms with Crippen molar-refractivity contribution < 1.29 is 4.79 Å². The highest BCUT2D eigenvalue weighted by Crippen LogP contribution is 2.29. The van der Waals surface area contributed by atoms with Gasteiger partial charge in [-0.3, -0.25) is 0 Å². The molecule has 1 saturated heterocycles. The number of benzene rings is 1. The van der Waals surface area contributed by atoms with Crippen LogP contribution in [-0.2, 0) is 0 Å². The van der Waals surface area contributed by atoms with Gasteiger partial charge in [0.1, 0.15) is 0 Å². The van der Waals surface area contributed by atoms with Crippen molar-refractivity contribution in [2.75, 3.05) is 13.1 Å². The Balaban J connectivity index is 0.0000000939. The van der Waals surface area contributed by atoms with Crippen molar-refractivity contribution >= 4 is 6.03 Å². The molecule has 0 unspecified atom stereocenters. The molecule has 62 valence electrons. The summed E-state index contributed by atoms with van der Waals surface area (Å²) in [5.41, 5.74) is 2.85. The molecule has 3 rings (SSSR count). The van der Waals surface area contributed by atoms with Crippen molar-refractivity contribution in [3.63, 3.8) is 0 Å². The summed E-state index contributed by atoms with van der Waals surface area (Å²) in [6, 6.07) is 8.44. The SMILES string of the molecule is O=C1NCCN1.c1cc2ccc1-2. The van der Waals surface area contributed by atoms with E-state index in [1.54, 1.807) is 0 Å². The van der Waals surface area contributed by atoms with Gasteiger partial charge in [-0.1, -0.05) is 24.3 Å². The standard InChI is InChI=1S/C6H4.C3H6N2O/c1-2-6-4-3-5(1)6;6-3-4-1-2-5-3/h1-4H;1-2H2,(H2,4,5,6). The van der Waals surface area contributed by atoms with Gasteiger partial charge in [0.15, 0.2) is 0 Å². The number of hydrogen-bond acceptors (Lipinski definition) is 1. The number of fused-ring (bicyclic) bond motifs is 1. The molecule has 0 radical (unpaired) electrons. The highest BCUT2D eigenvalue weighted by atomic mass is 16.2. The maximum absolute atomic E-state index is 10.0. The van der Waals surface area contributed by atoms with E-state index in [0.29, 0.717) is 0 Å². The molecule has 3 aliphatic rings. The summed E-state index contributed by atoms with van der Waals surface area (Å²) < 4.78 is 0. The van der Waals surface area contributed by atoms with E-state index in [-0.39, 0.29) is 6.03 Å². The molecule has 1 heterocycles. The first kappa shape index (κ1) is 7.16. The molecule has 0 aromatic rings. The average molecular weight is 162 g/mol. The van der Waals surface area contributed by atoms with Crippen LogP contribution in [0.1, 0.15) is 0 Å². The number of carbonyl (C=O) groups excluding carboxylic acids is 1. The molecule has 3 heteroatoms. The van der Waals surface area contributed by atoms with E-state index >= 15 is 0 Å². The molecular formula is C9H10N2O. The van der Waals surface area contributed by atoms with Gasteiger partial charge in [0, 0.05) is 13.1 Å². The molecule has 0 aromatic carbocycles. The fraction of sp³-hybridized carbons (Fsp3) is 0.222. The molecule has 1 aliphatic heterocycles. The van der Waals surface area contributed by atoms with Gasteiger partial charge in [0.2, 0.25) is 0 Å². The van der Waals surface area contributed by atoms with Crippen LogP contribution in [0.25, 0.3) is 11.1 Å². The van der Waals surface area contributed by atoms with Crippen LogP contribution in [0.2, 0.25) is 0 Å². The molecule has 0 aromatic heterocycles. The Morgan fingerprint density at radius 3 is 1.42 bits per heavy atom. The predicted molar refractivity (Wildman–Crippen MR) is 46.8 cm³/mol. The van der Waals surface area contributed by atoms with Crippen LogP contribution in [0.4, 0.5) is 4.79 Å². The smallest absolute Gasteiger partial charge is 0.314 e. The van der Waals surface area contributed by atoms with Gasteiger partial charge in [-0.05, 0) is 11.1 Å². The molecule has 0 atom stereocenters. The van der Waals surface area contributed by atoms with Gasteiger partial charge in [0.25, 0.3) is 0 Å². The van der Waals surface area contributed by atoms with Crippen molar-refractivity contribution in [3.8, 4) is 11.1 Å². The number of urea groups is 1. The van der Waals surface area contributed by atoms with E-state index in [4.69, 9.17) is 0 Å². The first-order valence-corrected chi connectivity index (χ1v) is 3.98. The van der Waals surface area contributed by atoms with Crippen LogP contribution in [0.15, 0.2) is 24.3 Å². The lowest BCUT2D eigenvalue weighted by atomic mass is 9.95. The topological polar surface area (TPSA) is 41.1 Å². The first-order valence-electron chi connectivity index (χ1n) is 3.98. The first-order chi connectivity index (χ1) is 5.86. The van der Waals surface area contributed by atoms with Gasteiger partial charge in [0.05, 0.1) is 0 Å². The fourth-order valence-corrected chi connectivity index (χ4v) is 1.08. The van der Waals surface area contributed by atoms with Gasteiger partial charge < -0.3 is 10.6 Å². The third-order valence-electron chi connectivity index (χ3n) is 1.91. The lowest BCUT2D eigenvalue weighted by Crippen LogP contribution is -2.20. The van der Waals surface area contributed by atoms with Crippen molar-refractivity contribution in [2.45, 2.75) is 0 Å². The molecule has 0 saturated carbocycles. The molecule has 0 bridgehead atoms. The Morgan fingerprint density at radius 1 is 0.917 bits per heavy atom. The molecule has 0 spiro atoms. The largest absolute Gasteiger partial charge is 0.336 e. The Bertz CT molecular complexity index is 263. The molecule has 2 amide bonds. The van der Waals surface area contributed by atoms with Crippen molar-refractivity contribution in [2.24, 2.45) is 0 Å². The monoisotopic (exact) mass is 162 g/mol. The van der Waals surface area contributed by atoms with E-state index in [0.717, 1.165) is 13.1 Å². The number of nitrogens with one attached hydrogen (secondary N) is 2. The van der Waals surface area contributed by atoms with Crippen LogP contribution in [0.5, 0.6) is 0 Å². The number of carbonyl (C=O) groups is 1. The second-order valence-electron chi connectivity index (χ2n) is 2.76. The molecule has 1 fully saturated rings. The Labute approximate surface area is 70.8 Å². The summed E-state index contributed by atoms with van der Waals surface area (Å²) in [4.78, 5) is 10.0. The highest BCUT2D eigenvalue weighted by molar-refractivity contribution is 5.75. The number of rotatable bonds is 0. The van der Waals surface area contributed by atoms with E-state index < -0.39 is 0 Å². The van der Waals surface area contributed by atoms with E-state index in [2.05, 4.69) is 34.9 Å². The maximum atomic E-state index is 10.0. The minimum absolute atomic E-state index is 0.0463. The van der Waals surface area contributed by atoms with Crippen LogP contribution in [0.3, 0.4) is 0 Å². The second kappa shape index (κ2) is 2.85. The highest BCUT2D eigenvalue weighted by Gasteiger charge is 2.04. The third-order valence-corrected chi connectivity index (χ3v) is 1.91. The fourth-order valence-electron chi connectivity index (χ4n) is 1.08.